The van der Waals surface area contributed by atoms with Gasteiger partial charge in [-0.15, -0.1) is 11.8 Å². The molecule has 3 aromatic rings. The maximum Gasteiger partial charge on any atom is 0.416 e. The van der Waals surface area contributed by atoms with Crippen LogP contribution in [-0.4, -0.2) is 36.3 Å². The number of benzene rings is 1. The Hall–Kier alpha value is -3.48. The number of hydrogen-bond donors (Lipinski definition) is 1. The van der Waals surface area contributed by atoms with E-state index in [0.717, 1.165) is 23.9 Å². The van der Waals surface area contributed by atoms with Gasteiger partial charge in [0.2, 0.25) is 5.91 Å². The average Bonchev–Trinajstić information content (AvgIpc) is 3.20. The monoisotopic (exact) mass is 424 g/mol. The van der Waals surface area contributed by atoms with Gasteiger partial charge in [-0.3, -0.25) is 14.9 Å². The average molecular weight is 424 g/mol. The van der Waals surface area contributed by atoms with E-state index in [0.29, 0.717) is 17.6 Å². The minimum Gasteiger partial charge on any atom is -0.322 e. The first-order valence-corrected chi connectivity index (χ1v) is 8.82. The van der Waals surface area contributed by atoms with Crippen molar-refractivity contribution in [1.82, 2.24) is 19.7 Å². The van der Waals surface area contributed by atoms with Crippen molar-refractivity contribution in [3.63, 3.8) is 0 Å². The van der Waals surface area contributed by atoms with E-state index < -0.39 is 28.3 Å². The molecule has 29 heavy (non-hydrogen) atoms. The van der Waals surface area contributed by atoms with Crippen LogP contribution in [0.3, 0.4) is 0 Å². The number of carbonyl (C=O) groups is 1. The Morgan fingerprint density at radius 1 is 1.31 bits per heavy atom. The summed E-state index contributed by atoms with van der Waals surface area (Å²) < 4.78 is 39.6. The first-order valence-electron chi connectivity index (χ1n) is 7.84. The number of aromatic nitrogens is 4. The zero-order chi connectivity index (χ0) is 21.0. The molecular formula is C16H11F3N6O3S. The van der Waals surface area contributed by atoms with Crippen molar-refractivity contribution in [2.75, 3.05) is 11.1 Å². The number of rotatable bonds is 6. The number of nitrogens with one attached hydrogen (secondary N) is 1. The molecule has 0 fully saturated rings. The van der Waals surface area contributed by atoms with E-state index >= 15 is 0 Å². The summed E-state index contributed by atoms with van der Waals surface area (Å²) in [6, 6.07) is 5.32. The largest absolute Gasteiger partial charge is 0.416 e. The molecule has 2 heterocycles. The third kappa shape index (κ3) is 4.87. The molecule has 3 rings (SSSR count). The van der Waals surface area contributed by atoms with Crippen molar-refractivity contribution in [3.05, 3.63) is 64.9 Å². The highest BCUT2D eigenvalue weighted by molar-refractivity contribution is 8.00. The molecule has 1 aromatic carbocycles. The van der Waals surface area contributed by atoms with Gasteiger partial charge in [0.25, 0.3) is 5.69 Å². The third-order valence-corrected chi connectivity index (χ3v) is 4.60. The molecule has 1 amide bonds. The normalized spacial score (nSPS) is 11.3. The van der Waals surface area contributed by atoms with Gasteiger partial charge in [0, 0.05) is 12.3 Å². The van der Waals surface area contributed by atoms with Crippen molar-refractivity contribution in [2.45, 2.75) is 11.1 Å². The predicted octanol–water partition coefficient (Wildman–Crippen LogP) is 3.32. The summed E-state index contributed by atoms with van der Waals surface area (Å²) in [5.74, 6) is -0.486. The summed E-state index contributed by atoms with van der Waals surface area (Å²) in [4.78, 5) is 30.3. The molecule has 0 unspecified atom stereocenters. The number of halogens is 3. The quantitative estimate of drug-likeness (QED) is 0.367. The Bertz CT molecular complexity index is 1040. The van der Waals surface area contributed by atoms with Crippen molar-refractivity contribution >= 4 is 29.0 Å². The molecule has 0 atom stereocenters. The lowest BCUT2D eigenvalue weighted by molar-refractivity contribution is -0.388. The Labute approximate surface area is 165 Å². The van der Waals surface area contributed by atoms with E-state index in [-0.39, 0.29) is 10.6 Å². The Morgan fingerprint density at radius 2 is 2.10 bits per heavy atom. The molecule has 0 radical (unpaired) electrons. The third-order valence-electron chi connectivity index (χ3n) is 3.54. The van der Waals surface area contributed by atoms with Crippen LogP contribution in [0.4, 0.5) is 24.5 Å². The Kier molecular flexibility index (Phi) is 5.77. The van der Waals surface area contributed by atoms with Crippen molar-refractivity contribution in [1.29, 1.82) is 0 Å². The van der Waals surface area contributed by atoms with E-state index in [1.165, 1.54) is 23.5 Å². The van der Waals surface area contributed by atoms with Crippen LogP contribution in [0.5, 0.6) is 0 Å². The van der Waals surface area contributed by atoms with E-state index in [4.69, 9.17) is 0 Å². The number of carbonyl (C=O) groups excluding carboxylic acids is 1. The maximum absolute atomic E-state index is 12.8. The van der Waals surface area contributed by atoms with Crippen LogP contribution in [0.25, 0.3) is 5.82 Å². The lowest BCUT2D eigenvalue weighted by atomic mass is 10.2. The van der Waals surface area contributed by atoms with E-state index in [1.807, 2.05) is 0 Å². The van der Waals surface area contributed by atoms with Crippen LogP contribution in [0.15, 0.2) is 54.1 Å². The number of nitrogens with zero attached hydrogens (tertiary/aromatic N) is 5. The Balaban J connectivity index is 1.73. The lowest BCUT2D eigenvalue weighted by Crippen LogP contribution is -2.16. The van der Waals surface area contributed by atoms with Gasteiger partial charge in [0.1, 0.15) is 12.7 Å². The number of amides is 1. The summed E-state index contributed by atoms with van der Waals surface area (Å²) in [5, 5.41) is 17.6. The second-order valence-corrected chi connectivity index (χ2v) is 6.51. The molecule has 9 nitrogen and oxygen atoms in total. The number of thioether (sulfide) groups is 1. The summed E-state index contributed by atoms with van der Waals surface area (Å²) in [7, 11) is 0. The fraction of sp³-hybridized carbons (Fsp3) is 0.125. The first kappa shape index (κ1) is 20.3. The fourth-order valence-corrected chi connectivity index (χ4v) is 3.09. The molecular weight excluding hydrogens is 413 g/mol. The second kappa shape index (κ2) is 8.26. The minimum absolute atomic E-state index is 0.0548. The molecule has 0 saturated heterocycles. The summed E-state index contributed by atoms with van der Waals surface area (Å²) in [6.07, 6.45) is -0.533. The van der Waals surface area contributed by atoms with E-state index in [9.17, 15) is 28.1 Å². The maximum atomic E-state index is 12.8. The van der Waals surface area contributed by atoms with Crippen LogP contribution >= 0.6 is 11.8 Å². The fourth-order valence-electron chi connectivity index (χ4n) is 2.28. The molecule has 1 N–H and O–H groups in total. The van der Waals surface area contributed by atoms with Gasteiger partial charge in [-0.25, -0.2) is 14.6 Å². The second-order valence-electron chi connectivity index (χ2n) is 5.49. The number of hydrogen-bond acceptors (Lipinski definition) is 7. The molecule has 0 aliphatic rings. The highest BCUT2D eigenvalue weighted by atomic mass is 32.2. The van der Waals surface area contributed by atoms with E-state index in [2.05, 4.69) is 20.4 Å². The number of alkyl halides is 3. The molecule has 0 aliphatic carbocycles. The number of nitro benzene ring substituents is 1. The SMILES string of the molecule is O=C(CSc1ccc(C(F)(F)F)cc1[N+](=O)[O-])Nc1cccnc1-n1cncn1. The molecule has 0 aliphatic heterocycles. The predicted molar refractivity (Wildman–Crippen MR) is 96.6 cm³/mol. The lowest BCUT2D eigenvalue weighted by Gasteiger charge is -2.10. The van der Waals surface area contributed by atoms with Gasteiger partial charge in [0.15, 0.2) is 5.82 Å². The van der Waals surface area contributed by atoms with Gasteiger partial charge in [0.05, 0.1) is 26.8 Å². The topological polar surface area (TPSA) is 116 Å². The summed E-state index contributed by atoms with van der Waals surface area (Å²) >= 11 is 0.749. The van der Waals surface area contributed by atoms with Crippen LogP contribution in [-0.2, 0) is 11.0 Å². The molecule has 0 spiro atoms. The van der Waals surface area contributed by atoms with Crippen LogP contribution in [0.1, 0.15) is 5.56 Å². The number of pyridine rings is 1. The highest BCUT2D eigenvalue weighted by Gasteiger charge is 2.33. The molecule has 13 heteroatoms. The van der Waals surface area contributed by atoms with Gasteiger partial charge >= 0.3 is 6.18 Å². The minimum atomic E-state index is -4.70. The van der Waals surface area contributed by atoms with Crippen LogP contribution in [0.2, 0.25) is 0 Å². The first-order chi connectivity index (χ1) is 13.8. The zero-order valence-corrected chi connectivity index (χ0v) is 15.1. The standard InChI is InChI=1S/C16H11F3N6O3S/c17-16(18,19)10-3-4-13(12(6-10)25(27)28)29-7-14(26)23-11-2-1-5-21-15(11)24-9-20-8-22-24/h1-6,8-9H,7H2,(H,23,26). The van der Waals surface area contributed by atoms with Gasteiger partial charge in [-0.05, 0) is 24.3 Å². The van der Waals surface area contributed by atoms with Crippen molar-refractivity contribution < 1.29 is 22.9 Å². The van der Waals surface area contributed by atoms with Gasteiger partial charge < -0.3 is 5.32 Å². The number of anilines is 1. The molecule has 2 aromatic heterocycles. The molecule has 0 bridgehead atoms. The highest BCUT2D eigenvalue weighted by Crippen LogP contribution is 2.36. The Morgan fingerprint density at radius 3 is 2.76 bits per heavy atom. The van der Waals surface area contributed by atoms with Crippen LogP contribution < -0.4 is 5.32 Å². The summed E-state index contributed by atoms with van der Waals surface area (Å²) in [6.45, 7) is 0. The van der Waals surface area contributed by atoms with Crippen molar-refractivity contribution in [3.8, 4) is 5.82 Å². The van der Waals surface area contributed by atoms with E-state index in [1.54, 1.807) is 12.1 Å². The summed E-state index contributed by atoms with van der Waals surface area (Å²) in [5.41, 5.74) is -1.53. The van der Waals surface area contributed by atoms with Gasteiger partial charge in [-0.1, -0.05) is 0 Å². The van der Waals surface area contributed by atoms with Crippen molar-refractivity contribution in [2.24, 2.45) is 0 Å². The molecule has 150 valence electrons. The number of nitro groups is 1. The molecule has 0 saturated carbocycles. The van der Waals surface area contributed by atoms with Gasteiger partial charge in [-0.2, -0.15) is 18.3 Å². The van der Waals surface area contributed by atoms with Crippen LogP contribution in [0, 0.1) is 10.1 Å². The smallest absolute Gasteiger partial charge is 0.322 e. The zero-order valence-electron chi connectivity index (χ0n) is 14.3.